The molecule has 0 unspecified atom stereocenters. The van der Waals surface area contributed by atoms with Crippen molar-refractivity contribution in [3.63, 3.8) is 0 Å². The number of nitrogens with zero attached hydrogens (tertiary/aromatic N) is 3. The number of hydrogen-bond acceptors (Lipinski definition) is 5. The van der Waals surface area contributed by atoms with Crippen molar-refractivity contribution in [3.8, 4) is 18.1 Å². The van der Waals surface area contributed by atoms with Gasteiger partial charge in [-0.3, -0.25) is 4.79 Å². The lowest BCUT2D eigenvalue weighted by molar-refractivity contribution is 0.0918. The molecule has 0 radical (unpaired) electrons. The molecule has 1 aromatic carbocycles. The zero-order valence-corrected chi connectivity index (χ0v) is 17.6. The average molecular weight is 420 g/mol. The van der Waals surface area contributed by atoms with Crippen LogP contribution in [-0.2, 0) is 16.7 Å². The molecule has 1 aliphatic rings. The van der Waals surface area contributed by atoms with E-state index in [9.17, 15) is 4.79 Å². The number of halogens is 1. The standard InChI is InChI=1S/C20H22ClN3O3S/c1-5-20(2,3)18-23-24(12-14-7-6-10-27-14)19(28-18)22-17(25)15-11-13(21)8-9-16(15)26-4/h1,8-9,11,14H,6-7,10,12H2,2-4H3/b22-19-/t14-/m1/s1. The van der Waals surface area contributed by atoms with Crippen LogP contribution in [0.3, 0.4) is 0 Å². The van der Waals surface area contributed by atoms with E-state index in [1.54, 1.807) is 22.9 Å². The lowest BCUT2D eigenvalue weighted by Crippen LogP contribution is -2.25. The number of benzene rings is 1. The molecule has 1 fully saturated rings. The van der Waals surface area contributed by atoms with E-state index in [0.29, 0.717) is 27.7 Å². The fourth-order valence-electron chi connectivity index (χ4n) is 2.80. The molecule has 0 N–H and O–H groups in total. The molecule has 1 saturated heterocycles. The summed E-state index contributed by atoms with van der Waals surface area (Å²) in [5, 5.41) is 5.79. The van der Waals surface area contributed by atoms with E-state index in [0.717, 1.165) is 24.5 Å². The monoisotopic (exact) mass is 419 g/mol. The van der Waals surface area contributed by atoms with Crippen LogP contribution < -0.4 is 9.54 Å². The van der Waals surface area contributed by atoms with Crippen molar-refractivity contribution >= 4 is 28.8 Å². The third-order valence-electron chi connectivity index (χ3n) is 4.51. The normalized spacial score (nSPS) is 17.5. The van der Waals surface area contributed by atoms with Gasteiger partial charge in [-0.1, -0.05) is 28.9 Å². The van der Waals surface area contributed by atoms with E-state index in [2.05, 4.69) is 16.0 Å². The minimum Gasteiger partial charge on any atom is -0.496 e. The Morgan fingerprint density at radius 2 is 2.36 bits per heavy atom. The minimum atomic E-state index is -0.562. The first kappa shape index (κ1) is 20.6. The molecule has 1 atom stereocenters. The summed E-state index contributed by atoms with van der Waals surface area (Å²) in [5.74, 6) is 2.71. The Labute approximate surface area is 173 Å². The van der Waals surface area contributed by atoms with Gasteiger partial charge >= 0.3 is 0 Å². The highest BCUT2D eigenvalue weighted by molar-refractivity contribution is 7.09. The molecule has 1 amide bonds. The van der Waals surface area contributed by atoms with Gasteiger partial charge in [-0.2, -0.15) is 10.1 Å². The maximum atomic E-state index is 12.9. The van der Waals surface area contributed by atoms with E-state index >= 15 is 0 Å². The molecule has 6 nitrogen and oxygen atoms in total. The molecule has 2 heterocycles. The van der Waals surface area contributed by atoms with Crippen LogP contribution in [0.5, 0.6) is 5.75 Å². The zero-order chi connectivity index (χ0) is 20.3. The average Bonchev–Trinajstić information content (AvgIpc) is 3.32. The number of ether oxygens (including phenoxy) is 2. The van der Waals surface area contributed by atoms with Crippen LogP contribution in [-0.4, -0.2) is 35.5 Å². The van der Waals surface area contributed by atoms with Crippen LogP contribution >= 0.6 is 22.9 Å². The molecule has 28 heavy (non-hydrogen) atoms. The maximum Gasteiger partial charge on any atom is 0.283 e. The second-order valence-electron chi connectivity index (χ2n) is 7.04. The molecular formula is C20H22ClN3O3S. The highest BCUT2D eigenvalue weighted by Crippen LogP contribution is 2.25. The van der Waals surface area contributed by atoms with Gasteiger partial charge in [-0.15, -0.1) is 6.42 Å². The Hall–Kier alpha value is -2.14. The summed E-state index contributed by atoms with van der Waals surface area (Å²) in [6.07, 6.45) is 7.69. The molecule has 0 spiro atoms. The van der Waals surface area contributed by atoms with Crippen molar-refractivity contribution in [2.45, 2.75) is 44.8 Å². The molecule has 2 aromatic rings. The Kier molecular flexibility index (Phi) is 6.23. The maximum absolute atomic E-state index is 12.9. The number of hydrogen-bond donors (Lipinski definition) is 0. The number of aromatic nitrogens is 2. The van der Waals surface area contributed by atoms with Crippen LogP contribution in [0.15, 0.2) is 23.2 Å². The molecule has 148 valence electrons. The number of terminal acetylenes is 1. The highest BCUT2D eigenvalue weighted by Gasteiger charge is 2.25. The third-order valence-corrected chi connectivity index (χ3v) is 6.01. The quantitative estimate of drug-likeness (QED) is 0.696. The summed E-state index contributed by atoms with van der Waals surface area (Å²) in [5.41, 5.74) is -0.266. The van der Waals surface area contributed by atoms with Gasteiger partial charge in [0.25, 0.3) is 5.91 Å². The van der Waals surface area contributed by atoms with Gasteiger partial charge in [-0.25, -0.2) is 4.68 Å². The number of methoxy groups -OCH3 is 1. The first-order chi connectivity index (χ1) is 13.3. The second kappa shape index (κ2) is 8.48. The zero-order valence-electron chi connectivity index (χ0n) is 16.1. The van der Waals surface area contributed by atoms with Gasteiger partial charge in [0, 0.05) is 11.6 Å². The van der Waals surface area contributed by atoms with Crippen molar-refractivity contribution in [2.75, 3.05) is 13.7 Å². The third kappa shape index (κ3) is 4.46. The summed E-state index contributed by atoms with van der Waals surface area (Å²) >= 11 is 7.35. The Balaban J connectivity index is 2.04. The lowest BCUT2D eigenvalue weighted by Gasteiger charge is -2.12. The number of carbonyl (C=O) groups excluding carboxylic acids is 1. The van der Waals surface area contributed by atoms with Crippen molar-refractivity contribution in [1.82, 2.24) is 9.78 Å². The van der Waals surface area contributed by atoms with E-state index in [1.165, 1.54) is 18.4 Å². The van der Waals surface area contributed by atoms with E-state index in [-0.39, 0.29) is 6.10 Å². The summed E-state index contributed by atoms with van der Waals surface area (Å²) < 4.78 is 12.7. The van der Waals surface area contributed by atoms with E-state index in [4.69, 9.17) is 27.5 Å². The first-order valence-corrected chi connectivity index (χ1v) is 10.1. The fraction of sp³-hybridized carbons (Fsp3) is 0.450. The van der Waals surface area contributed by atoms with Crippen molar-refractivity contribution in [3.05, 3.63) is 38.6 Å². The molecule has 0 saturated carbocycles. The SMILES string of the molecule is C#CC(C)(C)c1nn(C[C@H]2CCCO2)/c(=N/C(=O)c2cc(Cl)ccc2OC)s1. The first-order valence-electron chi connectivity index (χ1n) is 8.94. The van der Waals surface area contributed by atoms with Crippen LogP contribution in [0.25, 0.3) is 0 Å². The Morgan fingerprint density at radius 1 is 1.57 bits per heavy atom. The van der Waals surface area contributed by atoms with Crippen LogP contribution in [0, 0.1) is 12.3 Å². The van der Waals surface area contributed by atoms with Crippen molar-refractivity contribution in [2.24, 2.45) is 4.99 Å². The number of rotatable bonds is 5. The van der Waals surface area contributed by atoms with Gasteiger partial charge in [0.15, 0.2) is 0 Å². The van der Waals surface area contributed by atoms with Crippen molar-refractivity contribution in [1.29, 1.82) is 0 Å². The summed E-state index contributed by atoms with van der Waals surface area (Å²) in [7, 11) is 1.50. The van der Waals surface area contributed by atoms with Crippen LogP contribution in [0.2, 0.25) is 5.02 Å². The van der Waals surface area contributed by atoms with Crippen molar-refractivity contribution < 1.29 is 14.3 Å². The topological polar surface area (TPSA) is 65.7 Å². The van der Waals surface area contributed by atoms with E-state index in [1.807, 2.05) is 13.8 Å². The Morgan fingerprint density at radius 3 is 3.00 bits per heavy atom. The summed E-state index contributed by atoms with van der Waals surface area (Å²) in [4.78, 5) is 17.6. The molecule has 0 bridgehead atoms. The molecule has 3 rings (SSSR count). The molecule has 1 aliphatic heterocycles. The predicted molar refractivity (Wildman–Crippen MR) is 109 cm³/mol. The summed E-state index contributed by atoms with van der Waals surface area (Å²) in [6.45, 7) is 5.08. The van der Waals surface area contributed by atoms with Gasteiger partial charge in [0.1, 0.15) is 10.8 Å². The van der Waals surface area contributed by atoms with Crippen LogP contribution in [0.1, 0.15) is 42.1 Å². The largest absolute Gasteiger partial charge is 0.496 e. The fourth-order valence-corrected chi connectivity index (χ4v) is 3.95. The van der Waals surface area contributed by atoms with E-state index < -0.39 is 11.3 Å². The van der Waals surface area contributed by atoms with Gasteiger partial charge in [-0.05, 0) is 44.9 Å². The molecular weight excluding hydrogens is 398 g/mol. The predicted octanol–water partition coefficient (Wildman–Crippen LogP) is 3.44. The molecule has 8 heteroatoms. The second-order valence-corrected chi connectivity index (χ2v) is 8.43. The van der Waals surface area contributed by atoms with Gasteiger partial charge in [0.05, 0.1) is 30.7 Å². The van der Waals surface area contributed by atoms with Gasteiger partial charge in [0.2, 0.25) is 4.80 Å². The number of carbonyl (C=O) groups is 1. The van der Waals surface area contributed by atoms with Crippen LogP contribution in [0.4, 0.5) is 0 Å². The molecule has 0 aliphatic carbocycles. The molecule has 1 aromatic heterocycles. The van der Waals surface area contributed by atoms with Gasteiger partial charge < -0.3 is 9.47 Å². The smallest absolute Gasteiger partial charge is 0.283 e. The highest BCUT2D eigenvalue weighted by atomic mass is 35.5. The minimum absolute atomic E-state index is 0.0543. The Bertz CT molecular complexity index is 981. The summed E-state index contributed by atoms with van der Waals surface area (Å²) in [6, 6.07) is 4.85. The lowest BCUT2D eigenvalue weighted by atomic mass is 9.96. The number of amides is 1.